The van der Waals surface area contributed by atoms with Gasteiger partial charge in [-0.05, 0) is 48.5 Å². The summed E-state index contributed by atoms with van der Waals surface area (Å²) in [6, 6.07) is 10.5. The fraction of sp³-hybridized carbons (Fsp3) is 0.333. The monoisotopic (exact) mass is 623 g/mol. The molecule has 0 spiro atoms. The van der Waals surface area contributed by atoms with Crippen molar-refractivity contribution in [3.8, 4) is 23.0 Å². The third-order valence-electron chi connectivity index (χ3n) is 6.09. The summed E-state index contributed by atoms with van der Waals surface area (Å²) in [5.41, 5.74) is -0.366. The molecule has 0 bridgehead atoms. The number of alkyl halides is 4. The minimum atomic E-state index is -5.10. The number of hydrogen-bond acceptors (Lipinski definition) is 11. The lowest BCUT2D eigenvalue weighted by Gasteiger charge is -2.33. The lowest BCUT2D eigenvalue weighted by atomic mass is 9.95. The van der Waals surface area contributed by atoms with Crippen LogP contribution in [0.25, 0.3) is 0 Å². The molecule has 0 saturated carbocycles. The number of nitrogen functional groups attached to an aromatic ring is 1. The number of aliphatic hydroxyl groups is 1. The van der Waals surface area contributed by atoms with Crippen molar-refractivity contribution in [3.05, 3.63) is 71.0 Å². The van der Waals surface area contributed by atoms with Gasteiger partial charge in [0.2, 0.25) is 5.60 Å². The second-order valence-corrected chi connectivity index (χ2v) is 10.2. The summed E-state index contributed by atoms with van der Waals surface area (Å²) < 4.78 is 118. The molecule has 42 heavy (non-hydrogen) atoms. The number of ether oxygens (including phenoxy) is 3. The quantitative estimate of drug-likeness (QED) is 0.237. The number of anilines is 1. The van der Waals surface area contributed by atoms with Crippen LogP contribution in [0.4, 0.5) is 27.8 Å². The molecular weight excluding hydrogens is 600 g/mol. The Hall–Kier alpha value is -3.92. The Morgan fingerprint density at radius 1 is 1.02 bits per heavy atom. The number of halogens is 5. The first-order valence-corrected chi connectivity index (χ1v) is 13.2. The van der Waals surface area contributed by atoms with Gasteiger partial charge in [0.05, 0.1) is 20.4 Å². The summed E-state index contributed by atoms with van der Waals surface area (Å²) in [7, 11) is -2.37. The van der Waals surface area contributed by atoms with Gasteiger partial charge in [-0.1, -0.05) is 0 Å². The fourth-order valence-electron chi connectivity index (χ4n) is 3.80. The van der Waals surface area contributed by atoms with Crippen LogP contribution < -0.4 is 29.9 Å². The predicted octanol–water partition coefficient (Wildman–Crippen LogP) is 3.79. The van der Waals surface area contributed by atoms with E-state index in [-0.39, 0.29) is 22.3 Å². The molecule has 3 aromatic rings. The number of methoxy groups -OCH3 is 2. The minimum Gasteiger partial charge on any atom is -0.497 e. The van der Waals surface area contributed by atoms with Crippen LogP contribution in [0.1, 0.15) is 6.23 Å². The van der Waals surface area contributed by atoms with E-state index in [2.05, 4.69) is 4.98 Å². The number of aliphatic hydroxyl groups excluding tert-OH is 1. The van der Waals surface area contributed by atoms with Crippen molar-refractivity contribution in [2.75, 3.05) is 26.6 Å². The van der Waals surface area contributed by atoms with Gasteiger partial charge in [-0.3, -0.25) is 9.09 Å². The van der Waals surface area contributed by atoms with Crippen LogP contribution in [-0.2, 0) is 13.8 Å². The van der Waals surface area contributed by atoms with Crippen LogP contribution in [0, 0.1) is 5.82 Å². The molecule has 1 aromatic heterocycles. The maximum Gasteiger partial charge on any atom is 0.587 e. The van der Waals surface area contributed by atoms with Gasteiger partial charge in [0.1, 0.15) is 29.6 Å². The molecule has 4 rings (SSSR count). The number of rotatable bonds is 11. The Balaban J connectivity index is 1.69. The molecule has 0 amide bonds. The molecular formula is C24H23F5N3O9P. The Bertz CT molecular complexity index is 1460. The molecule has 3 N–H and O–H groups in total. The van der Waals surface area contributed by atoms with E-state index < -0.39 is 62.0 Å². The van der Waals surface area contributed by atoms with E-state index in [1.54, 1.807) is 0 Å². The lowest BCUT2D eigenvalue weighted by Crippen LogP contribution is -2.57. The molecule has 0 unspecified atom stereocenters. The molecule has 1 fully saturated rings. The van der Waals surface area contributed by atoms with Gasteiger partial charge in [0, 0.05) is 0 Å². The third-order valence-corrected chi connectivity index (χ3v) is 7.40. The van der Waals surface area contributed by atoms with E-state index >= 15 is 8.78 Å². The van der Waals surface area contributed by atoms with E-state index in [1.807, 2.05) is 0 Å². The van der Waals surface area contributed by atoms with Crippen LogP contribution in [-0.4, -0.2) is 59.5 Å². The molecule has 0 radical (unpaired) electrons. The standard InChI is InChI=1S/C24H23F5N3O9P/c1-36-13-3-7-15(8-4-13)40-42(35,41-16-9-5-14(37-2)6-10-16)38-12-23(21(26)27)24(28,29)18(33)20(39-23)32-11-17(25)19(30)31-22(32)34/h3-11,18,20-21,33H,12H2,1-2H3,(H2,30,31,34)/t18-,20-,23+/m1/s1. The molecule has 2 heterocycles. The molecule has 18 heteroatoms. The highest BCUT2D eigenvalue weighted by Crippen LogP contribution is 2.56. The maximum atomic E-state index is 15.4. The summed E-state index contributed by atoms with van der Waals surface area (Å²) in [5.74, 6) is -6.87. The van der Waals surface area contributed by atoms with Crippen molar-refractivity contribution in [1.82, 2.24) is 9.55 Å². The lowest BCUT2D eigenvalue weighted by molar-refractivity contribution is -0.242. The van der Waals surface area contributed by atoms with Crippen LogP contribution in [0.15, 0.2) is 59.5 Å². The largest absolute Gasteiger partial charge is 0.587 e. The Labute approximate surface area is 233 Å². The molecule has 12 nitrogen and oxygen atoms in total. The molecule has 1 saturated heterocycles. The average molecular weight is 623 g/mol. The third kappa shape index (κ3) is 5.86. The van der Waals surface area contributed by atoms with Gasteiger partial charge < -0.3 is 34.1 Å². The highest BCUT2D eigenvalue weighted by Gasteiger charge is 2.74. The Morgan fingerprint density at radius 3 is 1.95 bits per heavy atom. The van der Waals surface area contributed by atoms with Crippen molar-refractivity contribution >= 4 is 13.6 Å². The Kier molecular flexibility index (Phi) is 8.68. The van der Waals surface area contributed by atoms with Crippen molar-refractivity contribution in [1.29, 1.82) is 0 Å². The van der Waals surface area contributed by atoms with Crippen molar-refractivity contribution < 1.29 is 59.4 Å². The van der Waals surface area contributed by atoms with Crippen LogP contribution >= 0.6 is 7.82 Å². The number of phosphoric ester groups is 1. The van der Waals surface area contributed by atoms with E-state index in [9.17, 15) is 27.6 Å². The number of aromatic nitrogens is 2. The molecule has 1 aliphatic heterocycles. The van der Waals surface area contributed by atoms with E-state index in [1.165, 1.54) is 62.8 Å². The molecule has 228 valence electrons. The summed E-state index contributed by atoms with van der Waals surface area (Å²) >= 11 is 0. The van der Waals surface area contributed by atoms with E-state index in [4.69, 9.17) is 33.5 Å². The first-order valence-electron chi connectivity index (χ1n) is 11.7. The molecule has 2 aromatic carbocycles. The van der Waals surface area contributed by atoms with Crippen LogP contribution in [0.3, 0.4) is 0 Å². The summed E-state index contributed by atoms with van der Waals surface area (Å²) in [6.45, 7) is -1.91. The number of benzene rings is 2. The average Bonchev–Trinajstić information content (AvgIpc) is 3.16. The number of nitrogens with zero attached hydrogens (tertiary/aromatic N) is 2. The highest BCUT2D eigenvalue weighted by atomic mass is 31.2. The predicted molar refractivity (Wildman–Crippen MR) is 133 cm³/mol. The van der Waals surface area contributed by atoms with Crippen molar-refractivity contribution in [2.45, 2.75) is 30.3 Å². The highest BCUT2D eigenvalue weighted by molar-refractivity contribution is 7.49. The van der Waals surface area contributed by atoms with Crippen LogP contribution in [0.5, 0.6) is 23.0 Å². The van der Waals surface area contributed by atoms with E-state index in [0.717, 1.165) is 0 Å². The minimum absolute atomic E-state index is 0.0235. The van der Waals surface area contributed by atoms with Gasteiger partial charge in [-0.15, -0.1) is 0 Å². The smallest absolute Gasteiger partial charge is 0.497 e. The number of phosphoric acid groups is 1. The van der Waals surface area contributed by atoms with Crippen LogP contribution in [0.2, 0.25) is 0 Å². The number of hydrogen-bond donors (Lipinski definition) is 2. The number of nitrogens with two attached hydrogens (primary N) is 1. The molecule has 3 atom stereocenters. The molecule has 0 aliphatic carbocycles. The van der Waals surface area contributed by atoms with Crippen molar-refractivity contribution in [2.24, 2.45) is 0 Å². The maximum absolute atomic E-state index is 15.4. The SMILES string of the molecule is COc1ccc(OP(=O)(OC[C@@]2(C(F)F)O[C@@H](n3cc(F)c(N)nc3=O)[C@@H](O)C2(F)F)Oc2ccc(OC)cc2)cc1. The Morgan fingerprint density at radius 2 is 1.50 bits per heavy atom. The van der Waals surface area contributed by atoms with Crippen molar-refractivity contribution in [3.63, 3.8) is 0 Å². The van der Waals surface area contributed by atoms with Gasteiger partial charge >= 0.3 is 19.4 Å². The first-order chi connectivity index (χ1) is 19.7. The van der Waals surface area contributed by atoms with Gasteiger partial charge in [-0.2, -0.15) is 13.8 Å². The second kappa shape index (κ2) is 11.8. The summed E-state index contributed by atoms with van der Waals surface area (Å²) in [4.78, 5) is 15.2. The summed E-state index contributed by atoms with van der Waals surface area (Å²) in [6.07, 6.45) is -9.62. The summed E-state index contributed by atoms with van der Waals surface area (Å²) in [5, 5.41) is 10.3. The van der Waals surface area contributed by atoms with E-state index in [0.29, 0.717) is 11.5 Å². The zero-order chi connectivity index (χ0) is 30.9. The first kappa shape index (κ1) is 31.0. The van der Waals surface area contributed by atoms with Gasteiger partial charge in [-0.25, -0.2) is 22.5 Å². The van der Waals surface area contributed by atoms with Gasteiger partial charge in [0.25, 0.3) is 6.43 Å². The zero-order valence-electron chi connectivity index (χ0n) is 21.7. The fourth-order valence-corrected chi connectivity index (χ4v) is 5.06. The van der Waals surface area contributed by atoms with Gasteiger partial charge in [0.15, 0.2) is 24.0 Å². The topological polar surface area (TPSA) is 154 Å². The zero-order valence-corrected chi connectivity index (χ0v) is 22.6. The molecule has 1 aliphatic rings. The second-order valence-electron chi connectivity index (χ2n) is 8.68. The normalized spacial score (nSPS) is 21.7.